The molecule has 2 aliphatic heterocycles. The first kappa shape index (κ1) is 18.3. The van der Waals surface area contributed by atoms with E-state index < -0.39 is 9.84 Å². The van der Waals surface area contributed by atoms with Crippen molar-refractivity contribution >= 4 is 21.4 Å². The van der Waals surface area contributed by atoms with Crippen LogP contribution in [-0.4, -0.2) is 62.6 Å². The summed E-state index contributed by atoms with van der Waals surface area (Å²) in [4.78, 5) is 14.3. The highest BCUT2D eigenvalue weighted by Crippen LogP contribution is 2.21. The second-order valence-electron chi connectivity index (χ2n) is 6.68. The summed E-state index contributed by atoms with van der Waals surface area (Å²) >= 11 is 0. The van der Waals surface area contributed by atoms with Crippen LogP contribution < -0.4 is 5.32 Å². The molecule has 1 aromatic rings. The highest BCUT2D eigenvalue weighted by Gasteiger charge is 2.34. The number of sulfone groups is 1. The van der Waals surface area contributed by atoms with Gasteiger partial charge in [0.1, 0.15) is 5.82 Å². The van der Waals surface area contributed by atoms with Gasteiger partial charge in [0, 0.05) is 24.9 Å². The lowest BCUT2D eigenvalue weighted by molar-refractivity contribution is -0.118. The molecule has 25 heavy (non-hydrogen) atoms. The predicted octanol–water partition coefficient (Wildman–Crippen LogP) is 1.43. The molecule has 0 radical (unpaired) electrons. The molecule has 0 saturated carbocycles. The molecule has 6 nitrogen and oxygen atoms in total. The van der Waals surface area contributed by atoms with Crippen LogP contribution in [0.5, 0.6) is 0 Å². The number of benzene rings is 1. The Morgan fingerprint density at radius 2 is 2.04 bits per heavy atom. The Morgan fingerprint density at radius 1 is 1.28 bits per heavy atom. The zero-order chi connectivity index (χ0) is 17.9. The molecule has 1 aromatic carbocycles. The molecule has 0 aliphatic carbocycles. The van der Waals surface area contributed by atoms with E-state index in [1.54, 1.807) is 0 Å². The van der Waals surface area contributed by atoms with Gasteiger partial charge in [0.25, 0.3) is 0 Å². The van der Waals surface area contributed by atoms with Gasteiger partial charge in [-0.2, -0.15) is 0 Å². The van der Waals surface area contributed by atoms with E-state index in [1.165, 1.54) is 24.3 Å². The van der Waals surface area contributed by atoms with Crippen LogP contribution in [-0.2, 0) is 19.4 Å². The van der Waals surface area contributed by atoms with Gasteiger partial charge >= 0.3 is 0 Å². The fourth-order valence-corrected chi connectivity index (χ4v) is 5.14. The first-order valence-electron chi connectivity index (χ1n) is 8.53. The van der Waals surface area contributed by atoms with Crippen molar-refractivity contribution in [2.75, 3.05) is 36.5 Å². The molecule has 138 valence electrons. The van der Waals surface area contributed by atoms with E-state index in [0.717, 1.165) is 12.8 Å². The Hall–Kier alpha value is -1.51. The van der Waals surface area contributed by atoms with Crippen LogP contribution in [0.2, 0.25) is 0 Å². The fraction of sp³-hybridized carbons (Fsp3) is 0.588. The van der Waals surface area contributed by atoms with Crippen molar-refractivity contribution in [3.05, 3.63) is 30.1 Å². The summed E-state index contributed by atoms with van der Waals surface area (Å²) in [6.07, 6.45) is 2.50. The Bertz CT molecular complexity index is 702. The number of amides is 1. The Labute approximate surface area is 147 Å². The maximum absolute atomic E-state index is 12.9. The van der Waals surface area contributed by atoms with Crippen molar-refractivity contribution in [1.82, 2.24) is 4.90 Å². The van der Waals surface area contributed by atoms with Crippen LogP contribution in [0.1, 0.15) is 19.3 Å². The summed E-state index contributed by atoms with van der Waals surface area (Å²) in [5.41, 5.74) is 0.516. The summed E-state index contributed by atoms with van der Waals surface area (Å²) in [5.74, 6) is -0.355. The highest BCUT2D eigenvalue weighted by atomic mass is 32.2. The molecule has 0 bridgehead atoms. The van der Waals surface area contributed by atoms with E-state index in [1.807, 2.05) is 4.90 Å². The van der Waals surface area contributed by atoms with Crippen molar-refractivity contribution < 1.29 is 22.3 Å². The molecule has 1 N–H and O–H groups in total. The van der Waals surface area contributed by atoms with Crippen LogP contribution in [0, 0.1) is 5.82 Å². The highest BCUT2D eigenvalue weighted by molar-refractivity contribution is 7.91. The average molecular weight is 370 g/mol. The Kier molecular flexibility index (Phi) is 5.71. The molecule has 2 unspecified atom stereocenters. The van der Waals surface area contributed by atoms with E-state index in [0.29, 0.717) is 25.3 Å². The summed E-state index contributed by atoms with van der Waals surface area (Å²) in [6.45, 7) is 1.36. The number of carbonyl (C=O) groups is 1. The average Bonchev–Trinajstić information content (AvgIpc) is 3.18. The van der Waals surface area contributed by atoms with Gasteiger partial charge in [-0.25, -0.2) is 12.8 Å². The minimum Gasteiger partial charge on any atom is -0.377 e. The quantitative estimate of drug-likeness (QED) is 0.820. The summed E-state index contributed by atoms with van der Waals surface area (Å²) < 4.78 is 42.2. The third-order valence-corrected chi connectivity index (χ3v) is 6.41. The van der Waals surface area contributed by atoms with Crippen molar-refractivity contribution in [3.8, 4) is 0 Å². The van der Waals surface area contributed by atoms with E-state index in [4.69, 9.17) is 4.74 Å². The molecule has 1 amide bonds. The monoisotopic (exact) mass is 370 g/mol. The molecular weight excluding hydrogens is 347 g/mol. The third-order valence-electron chi connectivity index (χ3n) is 4.66. The number of carbonyl (C=O) groups excluding carboxylic acids is 1. The molecule has 0 aromatic heterocycles. The summed E-state index contributed by atoms with van der Waals surface area (Å²) in [7, 11) is -3.03. The molecule has 2 aliphatic rings. The van der Waals surface area contributed by atoms with Crippen LogP contribution >= 0.6 is 0 Å². The molecule has 8 heteroatoms. The van der Waals surface area contributed by atoms with E-state index in [2.05, 4.69) is 5.32 Å². The second kappa shape index (κ2) is 7.80. The normalized spacial score (nSPS) is 25.4. The smallest absolute Gasteiger partial charge is 0.238 e. The van der Waals surface area contributed by atoms with E-state index in [-0.39, 0.29) is 41.9 Å². The van der Waals surface area contributed by atoms with Gasteiger partial charge in [-0.1, -0.05) is 0 Å². The Morgan fingerprint density at radius 3 is 2.64 bits per heavy atom. The maximum Gasteiger partial charge on any atom is 0.238 e. The van der Waals surface area contributed by atoms with Gasteiger partial charge in [0.05, 0.1) is 24.2 Å². The number of nitrogens with one attached hydrogen (secondary N) is 1. The van der Waals surface area contributed by atoms with Crippen molar-refractivity contribution in [1.29, 1.82) is 0 Å². The standard InChI is InChI=1S/C17H23FN2O4S/c18-13-3-5-14(6-4-13)19-17(21)11-20(10-16-2-1-8-24-16)15-7-9-25(22,23)12-15/h3-6,15-16H,1-2,7-12H2,(H,19,21). The number of nitrogens with zero attached hydrogens (tertiary/aromatic N) is 1. The number of hydrogen-bond acceptors (Lipinski definition) is 5. The van der Waals surface area contributed by atoms with E-state index >= 15 is 0 Å². The molecule has 2 saturated heterocycles. The SMILES string of the molecule is O=C(CN(CC1CCCO1)C1CCS(=O)(=O)C1)Nc1ccc(F)cc1. The first-order chi connectivity index (χ1) is 11.9. The second-order valence-corrected chi connectivity index (χ2v) is 8.91. The largest absolute Gasteiger partial charge is 0.377 e. The van der Waals surface area contributed by atoms with Crippen molar-refractivity contribution in [2.45, 2.75) is 31.4 Å². The van der Waals surface area contributed by atoms with Crippen molar-refractivity contribution in [3.63, 3.8) is 0 Å². The van der Waals surface area contributed by atoms with Gasteiger partial charge in [-0.3, -0.25) is 9.69 Å². The molecule has 3 rings (SSSR count). The van der Waals surface area contributed by atoms with Gasteiger partial charge in [-0.15, -0.1) is 0 Å². The molecule has 2 atom stereocenters. The fourth-order valence-electron chi connectivity index (χ4n) is 3.37. The molecule has 0 spiro atoms. The number of ether oxygens (including phenoxy) is 1. The minimum atomic E-state index is -3.03. The van der Waals surface area contributed by atoms with E-state index in [9.17, 15) is 17.6 Å². The Balaban J connectivity index is 1.63. The summed E-state index contributed by atoms with van der Waals surface area (Å²) in [5, 5.41) is 2.73. The van der Waals surface area contributed by atoms with Gasteiger partial charge in [0.15, 0.2) is 9.84 Å². The lowest BCUT2D eigenvalue weighted by atomic mass is 10.1. The zero-order valence-electron chi connectivity index (χ0n) is 14.0. The number of rotatable bonds is 6. The molecule has 2 heterocycles. The van der Waals surface area contributed by atoms with Crippen LogP contribution in [0.3, 0.4) is 0 Å². The van der Waals surface area contributed by atoms with Crippen LogP contribution in [0.25, 0.3) is 0 Å². The molecular formula is C17H23FN2O4S. The minimum absolute atomic E-state index is 0.0434. The van der Waals surface area contributed by atoms with Gasteiger partial charge in [-0.05, 0) is 43.5 Å². The topological polar surface area (TPSA) is 75.7 Å². The number of anilines is 1. The predicted molar refractivity (Wildman–Crippen MR) is 92.6 cm³/mol. The number of halogens is 1. The van der Waals surface area contributed by atoms with Crippen molar-refractivity contribution in [2.24, 2.45) is 0 Å². The van der Waals surface area contributed by atoms with Crippen LogP contribution in [0.15, 0.2) is 24.3 Å². The molecule has 2 fully saturated rings. The van der Waals surface area contributed by atoms with Crippen LogP contribution in [0.4, 0.5) is 10.1 Å². The lowest BCUT2D eigenvalue weighted by Crippen LogP contribution is -2.45. The lowest BCUT2D eigenvalue weighted by Gasteiger charge is -2.29. The maximum atomic E-state index is 12.9. The van der Waals surface area contributed by atoms with Gasteiger partial charge in [0.2, 0.25) is 5.91 Å². The first-order valence-corrected chi connectivity index (χ1v) is 10.3. The number of hydrogen-bond donors (Lipinski definition) is 1. The van der Waals surface area contributed by atoms with Gasteiger partial charge < -0.3 is 10.1 Å². The zero-order valence-corrected chi connectivity index (χ0v) is 14.8. The summed E-state index contributed by atoms with van der Waals surface area (Å²) in [6, 6.07) is 5.40. The third kappa shape index (κ3) is 5.23.